The lowest BCUT2D eigenvalue weighted by atomic mass is 10.1. The molecule has 7 heteroatoms. The van der Waals surface area contributed by atoms with E-state index in [4.69, 9.17) is 5.26 Å². The van der Waals surface area contributed by atoms with E-state index in [9.17, 15) is 9.59 Å². The van der Waals surface area contributed by atoms with E-state index in [1.807, 2.05) is 35.1 Å². The Kier molecular flexibility index (Phi) is 8.85. The molecule has 2 heterocycles. The summed E-state index contributed by atoms with van der Waals surface area (Å²) in [6.07, 6.45) is 7.23. The predicted octanol–water partition coefficient (Wildman–Crippen LogP) is 3.31. The minimum atomic E-state index is 0.0124. The van der Waals surface area contributed by atoms with E-state index in [1.165, 1.54) is 11.1 Å². The van der Waals surface area contributed by atoms with E-state index >= 15 is 0 Å². The molecule has 2 aliphatic heterocycles. The minimum absolute atomic E-state index is 0.0124. The number of unbranched alkanes of at least 4 members (excludes halogenated alkanes) is 3. The van der Waals surface area contributed by atoms with Crippen LogP contribution in [0.4, 0.5) is 4.79 Å². The van der Waals surface area contributed by atoms with Gasteiger partial charge in [-0.15, -0.1) is 0 Å². The smallest absolute Gasteiger partial charge is 0.317 e. The molecule has 0 spiro atoms. The lowest BCUT2D eigenvalue weighted by molar-refractivity contribution is -0.130. The zero-order valence-electron chi connectivity index (χ0n) is 19.0. The van der Waals surface area contributed by atoms with Crippen molar-refractivity contribution >= 4 is 18.2 Å². The van der Waals surface area contributed by atoms with Gasteiger partial charge in [0.1, 0.15) is 0 Å². The van der Waals surface area contributed by atoms with Crippen LogP contribution < -0.4 is 5.32 Å². The highest BCUT2D eigenvalue weighted by molar-refractivity contribution is 5.85. The summed E-state index contributed by atoms with van der Waals surface area (Å²) < 4.78 is 0. The number of hydrogen-bond acceptors (Lipinski definition) is 4. The van der Waals surface area contributed by atoms with Gasteiger partial charge in [-0.2, -0.15) is 5.26 Å². The van der Waals surface area contributed by atoms with E-state index in [1.54, 1.807) is 12.1 Å². The Bertz CT molecular complexity index is 898. The largest absolute Gasteiger partial charge is 0.343 e. The van der Waals surface area contributed by atoms with Crippen molar-refractivity contribution in [2.24, 2.45) is 4.99 Å². The van der Waals surface area contributed by atoms with Crippen molar-refractivity contribution in [1.82, 2.24) is 15.1 Å². The van der Waals surface area contributed by atoms with Gasteiger partial charge in [-0.1, -0.05) is 25.0 Å². The topological polar surface area (TPSA) is 88.8 Å². The van der Waals surface area contributed by atoms with Gasteiger partial charge in [-0.25, -0.2) is 4.79 Å². The lowest BCUT2D eigenvalue weighted by Gasteiger charge is -2.21. The van der Waals surface area contributed by atoms with Gasteiger partial charge < -0.3 is 15.1 Å². The third-order valence-electron chi connectivity index (χ3n) is 6.08. The van der Waals surface area contributed by atoms with Crippen LogP contribution in [0.25, 0.3) is 0 Å². The number of rotatable bonds is 10. The number of amides is 3. The van der Waals surface area contributed by atoms with Gasteiger partial charge in [0.25, 0.3) is 0 Å². The van der Waals surface area contributed by atoms with Gasteiger partial charge in [-0.3, -0.25) is 9.79 Å². The summed E-state index contributed by atoms with van der Waals surface area (Å²) >= 11 is 0. The van der Waals surface area contributed by atoms with Gasteiger partial charge in [0, 0.05) is 45.5 Å². The van der Waals surface area contributed by atoms with Crippen molar-refractivity contribution in [2.75, 3.05) is 39.3 Å². The van der Waals surface area contributed by atoms with Crippen LogP contribution in [0, 0.1) is 11.3 Å². The molecular weight excluding hydrogens is 402 g/mol. The number of nitriles is 1. The van der Waals surface area contributed by atoms with Crippen LogP contribution in [-0.4, -0.2) is 67.2 Å². The molecule has 32 heavy (non-hydrogen) atoms. The van der Waals surface area contributed by atoms with Crippen LogP contribution in [-0.2, 0) is 11.2 Å². The fourth-order valence-electron chi connectivity index (χ4n) is 4.13. The van der Waals surface area contributed by atoms with Crippen LogP contribution in [0.1, 0.15) is 50.2 Å². The molecule has 0 aliphatic carbocycles. The average Bonchev–Trinajstić information content (AvgIpc) is 3.25. The van der Waals surface area contributed by atoms with Crippen LogP contribution in [0.3, 0.4) is 0 Å². The first-order chi connectivity index (χ1) is 15.6. The predicted molar refractivity (Wildman–Crippen MR) is 126 cm³/mol. The number of nitrogens with one attached hydrogen (secondary N) is 1. The SMILES string of the molecule is CCN(CCCCCCNC(=O)N1CC2=C(CCN=C2)C1)C(=O)Cc1ccc(C#N)cc1. The molecule has 0 saturated heterocycles. The number of nitrogens with zero attached hydrogens (tertiary/aromatic N) is 4. The molecule has 1 aromatic carbocycles. The minimum Gasteiger partial charge on any atom is -0.343 e. The molecular formula is C25H33N5O2. The Balaban J connectivity index is 1.26. The number of likely N-dealkylation sites (N-methyl/N-ethyl adjacent to an activating group) is 1. The highest BCUT2D eigenvalue weighted by Gasteiger charge is 2.25. The molecule has 1 N–H and O–H groups in total. The maximum absolute atomic E-state index is 12.6. The first-order valence-corrected chi connectivity index (χ1v) is 11.6. The van der Waals surface area contributed by atoms with Crippen molar-refractivity contribution < 1.29 is 9.59 Å². The zero-order chi connectivity index (χ0) is 22.8. The van der Waals surface area contributed by atoms with Crippen molar-refractivity contribution in [3.8, 4) is 6.07 Å². The molecule has 0 atom stereocenters. The maximum Gasteiger partial charge on any atom is 0.317 e. The number of carbonyl (C=O) groups excluding carboxylic acids is 2. The van der Waals surface area contributed by atoms with E-state index in [2.05, 4.69) is 16.4 Å². The molecule has 170 valence electrons. The van der Waals surface area contributed by atoms with E-state index in [0.29, 0.717) is 31.6 Å². The quantitative estimate of drug-likeness (QED) is 0.572. The Morgan fingerprint density at radius 3 is 2.66 bits per heavy atom. The number of carbonyl (C=O) groups is 2. The van der Waals surface area contributed by atoms with Crippen LogP contribution in [0.5, 0.6) is 0 Å². The molecule has 1 aromatic rings. The van der Waals surface area contributed by atoms with Gasteiger partial charge >= 0.3 is 6.03 Å². The number of urea groups is 1. The van der Waals surface area contributed by atoms with Crippen LogP contribution >= 0.6 is 0 Å². The second-order valence-corrected chi connectivity index (χ2v) is 8.38. The van der Waals surface area contributed by atoms with E-state index in [-0.39, 0.29) is 11.9 Å². The molecule has 3 amide bonds. The van der Waals surface area contributed by atoms with E-state index < -0.39 is 0 Å². The molecule has 0 radical (unpaired) electrons. The Morgan fingerprint density at radius 2 is 1.94 bits per heavy atom. The average molecular weight is 436 g/mol. The summed E-state index contributed by atoms with van der Waals surface area (Å²) in [5, 5.41) is 11.9. The third-order valence-corrected chi connectivity index (χ3v) is 6.08. The van der Waals surface area contributed by atoms with Crippen molar-refractivity contribution in [3.63, 3.8) is 0 Å². The summed E-state index contributed by atoms with van der Waals surface area (Å²) in [7, 11) is 0. The lowest BCUT2D eigenvalue weighted by Crippen LogP contribution is -2.39. The molecule has 0 aromatic heterocycles. The molecule has 0 fully saturated rings. The van der Waals surface area contributed by atoms with Crippen molar-refractivity contribution in [1.29, 1.82) is 5.26 Å². The molecule has 0 unspecified atom stereocenters. The normalized spacial score (nSPS) is 14.8. The molecule has 7 nitrogen and oxygen atoms in total. The second kappa shape index (κ2) is 12.0. The third kappa shape index (κ3) is 6.68. The van der Waals surface area contributed by atoms with Gasteiger partial charge in [0.15, 0.2) is 0 Å². The van der Waals surface area contributed by atoms with Gasteiger partial charge in [0.2, 0.25) is 5.91 Å². The summed E-state index contributed by atoms with van der Waals surface area (Å²) in [4.78, 5) is 33.0. The Labute approximate surface area is 190 Å². The van der Waals surface area contributed by atoms with Gasteiger partial charge in [-0.05, 0) is 55.0 Å². The summed E-state index contributed by atoms with van der Waals surface area (Å²) in [5.41, 5.74) is 4.10. The summed E-state index contributed by atoms with van der Waals surface area (Å²) in [5.74, 6) is 0.122. The second-order valence-electron chi connectivity index (χ2n) is 8.38. The Hall–Kier alpha value is -3.14. The monoisotopic (exact) mass is 435 g/mol. The zero-order valence-corrected chi connectivity index (χ0v) is 19.0. The maximum atomic E-state index is 12.6. The van der Waals surface area contributed by atoms with Gasteiger partial charge in [0.05, 0.1) is 18.1 Å². The Morgan fingerprint density at radius 1 is 1.16 bits per heavy atom. The fraction of sp³-hybridized carbons (Fsp3) is 0.520. The highest BCUT2D eigenvalue weighted by atomic mass is 16.2. The van der Waals surface area contributed by atoms with Crippen LogP contribution in [0.15, 0.2) is 40.4 Å². The highest BCUT2D eigenvalue weighted by Crippen LogP contribution is 2.21. The molecule has 0 bridgehead atoms. The number of hydrogen-bond donors (Lipinski definition) is 1. The number of benzene rings is 1. The summed E-state index contributed by atoms with van der Waals surface area (Å²) in [6, 6.07) is 9.30. The number of aliphatic imine (C=N–C) groups is 1. The first kappa shape index (κ1) is 23.5. The molecule has 2 aliphatic rings. The molecule has 3 rings (SSSR count). The van der Waals surface area contributed by atoms with Crippen molar-refractivity contribution in [2.45, 2.75) is 45.4 Å². The van der Waals surface area contributed by atoms with E-state index in [0.717, 1.165) is 57.3 Å². The van der Waals surface area contributed by atoms with Crippen molar-refractivity contribution in [3.05, 3.63) is 46.5 Å². The first-order valence-electron chi connectivity index (χ1n) is 11.6. The standard InChI is InChI=1S/C25H33N5O2/c1-2-29(24(31)15-20-7-9-21(16-26)10-8-20)14-6-4-3-5-12-28-25(32)30-18-22-11-13-27-17-23(22)19-30/h7-10,17H,2-6,11-15,18-19H2,1H3,(H,28,32). The molecule has 0 saturated carbocycles. The summed E-state index contributed by atoms with van der Waals surface area (Å²) in [6.45, 7) is 6.38. The van der Waals surface area contributed by atoms with Crippen LogP contribution in [0.2, 0.25) is 0 Å². The fourth-order valence-corrected chi connectivity index (χ4v) is 4.13. The number of dihydropyridines is 1.